The smallest absolute Gasteiger partial charge is 0.410 e. The summed E-state index contributed by atoms with van der Waals surface area (Å²) in [4.78, 5) is 28.6. The van der Waals surface area contributed by atoms with Crippen molar-refractivity contribution in [3.8, 4) is 0 Å². The molecule has 0 radical (unpaired) electrons. The van der Waals surface area contributed by atoms with Crippen LogP contribution < -0.4 is 0 Å². The summed E-state index contributed by atoms with van der Waals surface area (Å²) >= 11 is 0. The zero-order valence-corrected chi connectivity index (χ0v) is 15.8. The van der Waals surface area contributed by atoms with Gasteiger partial charge in [0.05, 0.1) is 6.10 Å². The molecule has 0 aromatic heterocycles. The average Bonchev–Trinajstić information content (AvgIpc) is 3.05. The molecule has 1 unspecified atom stereocenters. The number of ether oxygens (including phenoxy) is 1. The third kappa shape index (κ3) is 5.21. The Morgan fingerprint density at radius 3 is 2.58 bits per heavy atom. The van der Waals surface area contributed by atoms with Gasteiger partial charge in [0.25, 0.3) is 0 Å². The van der Waals surface area contributed by atoms with Crippen LogP contribution in [0.25, 0.3) is 0 Å². The van der Waals surface area contributed by atoms with Crippen LogP contribution in [0, 0.1) is 0 Å². The van der Waals surface area contributed by atoms with Gasteiger partial charge in [-0.25, -0.2) is 4.79 Å². The van der Waals surface area contributed by atoms with Crippen molar-refractivity contribution >= 4 is 12.0 Å². The third-order valence-corrected chi connectivity index (χ3v) is 4.65. The number of rotatable bonds is 8. The first-order valence-electron chi connectivity index (χ1n) is 9.52. The maximum atomic E-state index is 13.0. The van der Waals surface area contributed by atoms with Gasteiger partial charge in [0.2, 0.25) is 5.91 Å². The SMILES string of the molecule is CCCCN(CCC)C(=O)[C@@H]1C(O)CCN1C(=O)OCc1ccccc1. The predicted molar refractivity (Wildman–Crippen MR) is 99.5 cm³/mol. The predicted octanol–water partition coefficient (Wildman–Crippen LogP) is 2.80. The minimum atomic E-state index is -0.846. The van der Waals surface area contributed by atoms with Crippen LogP contribution in [-0.4, -0.2) is 58.7 Å². The fourth-order valence-electron chi connectivity index (χ4n) is 3.22. The van der Waals surface area contributed by atoms with Crippen LogP contribution in [0.15, 0.2) is 30.3 Å². The Morgan fingerprint density at radius 2 is 1.92 bits per heavy atom. The number of benzene rings is 1. The van der Waals surface area contributed by atoms with Crippen LogP contribution in [0.1, 0.15) is 45.1 Å². The molecule has 6 nitrogen and oxygen atoms in total. The number of hydrogen-bond donors (Lipinski definition) is 1. The summed E-state index contributed by atoms with van der Waals surface area (Å²) in [7, 11) is 0. The molecule has 1 aliphatic heterocycles. The van der Waals surface area contributed by atoms with E-state index in [2.05, 4.69) is 6.92 Å². The molecule has 144 valence electrons. The van der Waals surface area contributed by atoms with Gasteiger partial charge in [-0.2, -0.15) is 0 Å². The molecule has 1 aromatic rings. The lowest BCUT2D eigenvalue weighted by Crippen LogP contribution is -2.52. The normalized spacial score (nSPS) is 19.4. The molecule has 1 N–H and O–H groups in total. The third-order valence-electron chi connectivity index (χ3n) is 4.65. The summed E-state index contributed by atoms with van der Waals surface area (Å²) in [6.07, 6.45) is 1.75. The van der Waals surface area contributed by atoms with Crippen molar-refractivity contribution in [1.82, 2.24) is 9.80 Å². The number of aliphatic hydroxyl groups is 1. The fraction of sp³-hybridized carbons (Fsp3) is 0.600. The summed E-state index contributed by atoms with van der Waals surface area (Å²) < 4.78 is 5.37. The van der Waals surface area contributed by atoms with Crippen LogP contribution in [0.2, 0.25) is 0 Å². The van der Waals surface area contributed by atoms with Crippen molar-refractivity contribution < 1.29 is 19.4 Å². The Morgan fingerprint density at radius 1 is 1.19 bits per heavy atom. The van der Waals surface area contributed by atoms with Crippen molar-refractivity contribution in [1.29, 1.82) is 0 Å². The number of amides is 2. The number of carbonyl (C=O) groups excluding carboxylic acids is 2. The molecule has 0 saturated carbocycles. The van der Waals surface area contributed by atoms with Gasteiger partial charge in [-0.05, 0) is 24.8 Å². The zero-order valence-electron chi connectivity index (χ0n) is 15.8. The van der Waals surface area contributed by atoms with E-state index in [0.29, 0.717) is 26.1 Å². The molecule has 2 atom stereocenters. The number of hydrogen-bond acceptors (Lipinski definition) is 4. The van der Waals surface area contributed by atoms with Crippen LogP contribution in [0.4, 0.5) is 4.79 Å². The Bertz CT molecular complexity index is 578. The number of aliphatic hydroxyl groups excluding tert-OH is 1. The molecule has 2 rings (SSSR count). The average molecular weight is 362 g/mol. The number of unbranched alkanes of at least 4 members (excludes halogenated alkanes) is 1. The second kappa shape index (κ2) is 10.2. The first kappa shape index (κ1) is 20.2. The molecule has 6 heteroatoms. The Kier molecular flexibility index (Phi) is 7.91. The number of likely N-dealkylation sites (tertiary alicyclic amines) is 1. The van der Waals surface area contributed by atoms with Crippen molar-refractivity contribution in [2.75, 3.05) is 19.6 Å². The minimum absolute atomic E-state index is 0.154. The Hall–Kier alpha value is -2.08. The second-order valence-corrected chi connectivity index (χ2v) is 6.71. The standard InChI is InChI=1S/C20H30N2O4/c1-3-5-13-21(12-4-2)19(24)18-17(23)11-14-22(18)20(25)26-15-16-9-7-6-8-10-16/h6-10,17-18,23H,3-5,11-15H2,1-2H3/t17?,18-/m0/s1. The molecule has 0 spiro atoms. The van der Waals surface area contributed by atoms with E-state index in [1.54, 1.807) is 4.90 Å². The zero-order chi connectivity index (χ0) is 18.9. The highest BCUT2D eigenvalue weighted by atomic mass is 16.6. The highest BCUT2D eigenvalue weighted by Gasteiger charge is 2.43. The van der Waals surface area contributed by atoms with Gasteiger partial charge in [0.1, 0.15) is 12.6 Å². The largest absolute Gasteiger partial charge is 0.445 e. The molecule has 1 saturated heterocycles. The lowest BCUT2D eigenvalue weighted by Gasteiger charge is -2.31. The van der Waals surface area contributed by atoms with Crippen LogP contribution in [0.5, 0.6) is 0 Å². The molecular weight excluding hydrogens is 332 g/mol. The minimum Gasteiger partial charge on any atom is -0.445 e. The summed E-state index contributed by atoms with van der Waals surface area (Å²) in [5.41, 5.74) is 0.888. The van der Waals surface area contributed by atoms with Crippen LogP contribution in [-0.2, 0) is 16.1 Å². The fourth-order valence-corrected chi connectivity index (χ4v) is 3.22. The monoisotopic (exact) mass is 362 g/mol. The Balaban J connectivity index is 2.02. The van der Waals surface area contributed by atoms with Gasteiger partial charge in [-0.3, -0.25) is 9.69 Å². The molecule has 2 amide bonds. The van der Waals surface area contributed by atoms with Crippen molar-refractivity contribution in [2.24, 2.45) is 0 Å². The first-order chi connectivity index (χ1) is 12.6. The molecular formula is C20H30N2O4. The van der Waals surface area contributed by atoms with Crippen LogP contribution >= 0.6 is 0 Å². The summed E-state index contributed by atoms with van der Waals surface area (Å²) in [5, 5.41) is 10.3. The Labute approximate surface area is 155 Å². The van der Waals surface area contributed by atoms with E-state index in [0.717, 1.165) is 24.8 Å². The van der Waals surface area contributed by atoms with Gasteiger partial charge in [-0.1, -0.05) is 50.6 Å². The van der Waals surface area contributed by atoms with Gasteiger partial charge in [0.15, 0.2) is 0 Å². The molecule has 0 aliphatic carbocycles. The van der Waals surface area contributed by atoms with Crippen molar-refractivity contribution in [2.45, 2.75) is 58.3 Å². The van der Waals surface area contributed by atoms with Gasteiger partial charge in [-0.15, -0.1) is 0 Å². The number of carbonyl (C=O) groups is 2. The topological polar surface area (TPSA) is 70.1 Å². The van der Waals surface area contributed by atoms with E-state index in [1.807, 2.05) is 37.3 Å². The van der Waals surface area contributed by atoms with Gasteiger partial charge < -0.3 is 14.7 Å². The van der Waals surface area contributed by atoms with Crippen LogP contribution in [0.3, 0.4) is 0 Å². The van der Waals surface area contributed by atoms with Crippen molar-refractivity contribution in [3.63, 3.8) is 0 Å². The molecule has 1 heterocycles. The van der Waals surface area contributed by atoms with E-state index in [4.69, 9.17) is 4.74 Å². The molecule has 0 bridgehead atoms. The van der Waals surface area contributed by atoms with Gasteiger partial charge >= 0.3 is 6.09 Å². The van der Waals surface area contributed by atoms with Gasteiger partial charge in [0, 0.05) is 19.6 Å². The van der Waals surface area contributed by atoms with E-state index >= 15 is 0 Å². The lowest BCUT2D eigenvalue weighted by molar-refractivity contribution is -0.138. The summed E-state index contributed by atoms with van der Waals surface area (Å²) in [5.74, 6) is -0.179. The highest BCUT2D eigenvalue weighted by Crippen LogP contribution is 2.22. The highest BCUT2D eigenvalue weighted by molar-refractivity contribution is 5.87. The molecule has 1 aliphatic rings. The van der Waals surface area contributed by atoms with E-state index in [1.165, 1.54) is 4.90 Å². The quantitative estimate of drug-likeness (QED) is 0.772. The van der Waals surface area contributed by atoms with Crippen molar-refractivity contribution in [3.05, 3.63) is 35.9 Å². The molecule has 1 aromatic carbocycles. The first-order valence-corrected chi connectivity index (χ1v) is 9.52. The van der Waals surface area contributed by atoms with E-state index < -0.39 is 18.2 Å². The molecule has 1 fully saturated rings. The lowest BCUT2D eigenvalue weighted by atomic mass is 10.1. The van der Waals surface area contributed by atoms with E-state index in [-0.39, 0.29) is 12.5 Å². The number of nitrogens with zero attached hydrogens (tertiary/aromatic N) is 2. The maximum absolute atomic E-state index is 13.0. The maximum Gasteiger partial charge on any atom is 0.410 e. The molecule has 26 heavy (non-hydrogen) atoms. The summed E-state index contributed by atoms with van der Waals surface area (Å²) in [6, 6.07) is 8.57. The summed E-state index contributed by atoms with van der Waals surface area (Å²) in [6.45, 7) is 5.87. The second-order valence-electron chi connectivity index (χ2n) is 6.71. The van der Waals surface area contributed by atoms with E-state index in [9.17, 15) is 14.7 Å².